The van der Waals surface area contributed by atoms with Gasteiger partial charge < -0.3 is 20.1 Å². The topological polar surface area (TPSA) is 81.9 Å². The van der Waals surface area contributed by atoms with Gasteiger partial charge >= 0.3 is 0 Å². The van der Waals surface area contributed by atoms with E-state index in [9.17, 15) is 9.59 Å². The summed E-state index contributed by atoms with van der Waals surface area (Å²) in [6, 6.07) is 5.90. The molecule has 1 saturated heterocycles. The van der Waals surface area contributed by atoms with E-state index in [1.54, 1.807) is 4.90 Å². The summed E-state index contributed by atoms with van der Waals surface area (Å²) < 4.78 is 10.6. The summed E-state index contributed by atoms with van der Waals surface area (Å²) in [4.78, 5) is 24.3. The minimum Gasteiger partial charge on any atom is -0.466 e. The van der Waals surface area contributed by atoms with Gasteiger partial charge in [-0.05, 0) is 37.0 Å². The van der Waals surface area contributed by atoms with Crippen molar-refractivity contribution in [3.05, 3.63) is 34.3 Å². The predicted molar refractivity (Wildman–Crippen MR) is 93.0 cm³/mol. The first-order valence-corrected chi connectivity index (χ1v) is 8.77. The Labute approximate surface area is 152 Å². The van der Waals surface area contributed by atoms with Crippen LogP contribution in [0.3, 0.4) is 0 Å². The summed E-state index contributed by atoms with van der Waals surface area (Å²) >= 11 is 6.11. The standard InChI is InChI=1S/C18H23ClN2O4/c1-12-2-3-13(4-16(12)19)7-25-15-5-14(6-15)17(23)21-8-18(20,9-21)10-24-11-22/h2-4,11,14-15H,5-10,20H2,1H3/t14-,15+. The quantitative estimate of drug-likeness (QED) is 0.742. The lowest BCUT2D eigenvalue weighted by atomic mass is 9.79. The first kappa shape index (κ1) is 18.2. The van der Waals surface area contributed by atoms with Gasteiger partial charge in [0.15, 0.2) is 0 Å². The molecule has 0 bridgehead atoms. The van der Waals surface area contributed by atoms with Crippen LogP contribution >= 0.6 is 11.6 Å². The number of nitrogens with zero attached hydrogens (tertiary/aromatic N) is 1. The zero-order chi connectivity index (χ0) is 18.0. The van der Waals surface area contributed by atoms with Gasteiger partial charge in [0.25, 0.3) is 6.47 Å². The van der Waals surface area contributed by atoms with Crippen molar-refractivity contribution in [2.24, 2.45) is 11.7 Å². The lowest BCUT2D eigenvalue weighted by Gasteiger charge is -2.49. The highest BCUT2D eigenvalue weighted by Crippen LogP contribution is 2.34. The number of hydrogen-bond acceptors (Lipinski definition) is 5. The van der Waals surface area contributed by atoms with Crippen LogP contribution in [0.25, 0.3) is 0 Å². The van der Waals surface area contributed by atoms with Crippen molar-refractivity contribution in [2.45, 2.75) is 38.0 Å². The number of hydrogen-bond donors (Lipinski definition) is 1. The molecular weight excluding hydrogens is 344 g/mol. The van der Waals surface area contributed by atoms with E-state index < -0.39 is 5.54 Å². The molecule has 1 aromatic carbocycles. The predicted octanol–water partition coefficient (Wildman–Crippen LogP) is 1.66. The van der Waals surface area contributed by atoms with Gasteiger partial charge in [0.1, 0.15) is 6.61 Å². The number of benzene rings is 1. The van der Waals surface area contributed by atoms with E-state index in [2.05, 4.69) is 0 Å². The van der Waals surface area contributed by atoms with Crippen molar-refractivity contribution >= 4 is 24.0 Å². The van der Waals surface area contributed by atoms with Gasteiger partial charge in [-0.1, -0.05) is 23.7 Å². The Morgan fingerprint density at radius 2 is 2.16 bits per heavy atom. The van der Waals surface area contributed by atoms with E-state index in [1.807, 2.05) is 25.1 Å². The second-order valence-electron chi connectivity index (χ2n) is 7.15. The number of aryl methyl sites for hydroxylation is 1. The molecule has 1 aliphatic heterocycles. The molecule has 2 aliphatic rings. The Kier molecular flexibility index (Phi) is 5.32. The van der Waals surface area contributed by atoms with Gasteiger partial charge in [0.2, 0.25) is 5.91 Å². The second kappa shape index (κ2) is 7.32. The normalized spacial score (nSPS) is 24.2. The SMILES string of the molecule is Cc1ccc(CO[C@H]2C[C@@H](C(=O)N3CC(N)(COC=O)C3)C2)cc1Cl. The van der Waals surface area contributed by atoms with Crippen molar-refractivity contribution in [3.63, 3.8) is 0 Å². The summed E-state index contributed by atoms with van der Waals surface area (Å²) in [5.41, 5.74) is 7.51. The molecule has 6 nitrogen and oxygen atoms in total. The highest BCUT2D eigenvalue weighted by atomic mass is 35.5. The van der Waals surface area contributed by atoms with Crippen LogP contribution in [-0.2, 0) is 25.7 Å². The fraction of sp³-hybridized carbons (Fsp3) is 0.556. The lowest BCUT2D eigenvalue weighted by molar-refractivity contribution is -0.155. The van der Waals surface area contributed by atoms with Crippen molar-refractivity contribution in [2.75, 3.05) is 19.7 Å². The van der Waals surface area contributed by atoms with Crippen molar-refractivity contribution in [3.8, 4) is 0 Å². The maximum absolute atomic E-state index is 12.4. The molecule has 1 heterocycles. The molecule has 7 heteroatoms. The number of nitrogens with two attached hydrogens (primary N) is 1. The van der Waals surface area contributed by atoms with Crippen LogP contribution in [0.5, 0.6) is 0 Å². The third-order valence-electron chi connectivity index (χ3n) is 4.93. The highest BCUT2D eigenvalue weighted by Gasteiger charge is 2.47. The molecule has 1 aliphatic carbocycles. The molecule has 136 valence electrons. The maximum Gasteiger partial charge on any atom is 0.293 e. The van der Waals surface area contributed by atoms with Crippen LogP contribution in [0, 0.1) is 12.8 Å². The zero-order valence-corrected chi connectivity index (χ0v) is 15.0. The van der Waals surface area contributed by atoms with Crippen LogP contribution in [0.15, 0.2) is 18.2 Å². The van der Waals surface area contributed by atoms with Gasteiger partial charge in [-0.2, -0.15) is 0 Å². The van der Waals surface area contributed by atoms with Crippen molar-refractivity contribution in [1.82, 2.24) is 4.90 Å². The number of halogens is 1. The van der Waals surface area contributed by atoms with Gasteiger partial charge in [-0.3, -0.25) is 9.59 Å². The molecule has 0 radical (unpaired) electrons. The summed E-state index contributed by atoms with van der Waals surface area (Å²) in [7, 11) is 0. The maximum atomic E-state index is 12.4. The first-order chi connectivity index (χ1) is 11.9. The molecule has 1 aromatic rings. The van der Waals surface area contributed by atoms with E-state index in [4.69, 9.17) is 26.8 Å². The first-order valence-electron chi connectivity index (χ1n) is 8.40. The molecule has 1 saturated carbocycles. The third kappa shape index (κ3) is 4.14. The number of carbonyl (C=O) groups is 2. The average Bonchev–Trinajstić information content (AvgIpc) is 2.51. The van der Waals surface area contributed by atoms with Crippen LogP contribution in [0.1, 0.15) is 24.0 Å². The Balaban J connectivity index is 1.37. The average molecular weight is 367 g/mol. The largest absolute Gasteiger partial charge is 0.466 e. The third-order valence-corrected chi connectivity index (χ3v) is 5.34. The number of rotatable bonds is 7. The molecule has 25 heavy (non-hydrogen) atoms. The fourth-order valence-electron chi connectivity index (χ4n) is 3.26. The molecule has 3 rings (SSSR count). The van der Waals surface area contributed by atoms with Gasteiger partial charge in [-0.25, -0.2) is 0 Å². The smallest absolute Gasteiger partial charge is 0.293 e. The summed E-state index contributed by atoms with van der Waals surface area (Å²) in [5, 5.41) is 0.740. The van der Waals surface area contributed by atoms with Crippen LogP contribution in [-0.4, -0.2) is 48.6 Å². The zero-order valence-electron chi connectivity index (χ0n) is 14.2. The second-order valence-corrected chi connectivity index (χ2v) is 7.56. The Morgan fingerprint density at radius 1 is 1.44 bits per heavy atom. The van der Waals surface area contributed by atoms with E-state index in [-0.39, 0.29) is 24.5 Å². The van der Waals surface area contributed by atoms with Gasteiger partial charge in [-0.15, -0.1) is 0 Å². The molecule has 1 amide bonds. The number of ether oxygens (including phenoxy) is 2. The van der Waals surface area contributed by atoms with Gasteiger partial charge in [0.05, 0.1) is 18.2 Å². The summed E-state index contributed by atoms with van der Waals surface area (Å²) in [6.45, 7) is 3.87. The lowest BCUT2D eigenvalue weighted by Crippen LogP contribution is -2.71. The van der Waals surface area contributed by atoms with Crippen LogP contribution in [0.2, 0.25) is 5.02 Å². The number of carbonyl (C=O) groups excluding carboxylic acids is 2. The van der Waals surface area contributed by atoms with E-state index in [0.717, 1.165) is 29.0 Å². The fourth-order valence-corrected chi connectivity index (χ4v) is 3.47. The van der Waals surface area contributed by atoms with Crippen molar-refractivity contribution in [1.29, 1.82) is 0 Å². The Bertz CT molecular complexity index is 654. The summed E-state index contributed by atoms with van der Waals surface area (Å²) in [5.74, 6) is 0.119. The number of amides is 1. The van der Waals surface area contributed by atoms with Crippen molar-refractivity contribution < 1.29 is 19.1 Å². The minimum absolute atomic E-state index is 0.00291. The molecule has 0 spiro atoms. The monoisotopic (exact) mass is 366 g/mol. The number of likely N-dealkylation sites (tertiary alicyclic amines) is 1. The Hall–Kier alpha value is -1.63. The molecule has 2 fully saturated rings. The van der Waals surface area contributed by atoms with E-state index in [1.165, 1.54) is 0 Å². The minimum atomic E-state index is -0.596. The molecule has 0 aromatic heterocycles. The molecule has 0 atom stereocenters. The Morgan fingerprint density at radius 3 is 2.80 bits per heavy atom. The summed E-state index contributed by atoms with van der Waals surface area (Å²) in [6.07, 6.45) is 1.57. The molecular formula is C18H23ClN2O4. The highest BCUT2D eigenvalue weighted by molar-refractivity contribution is 6.31. The van der Waals surface area contributed by atoms with E-state index >= 15 is 0 Å². The molecule has 0 unspecified atom stereocenters. The van der Waals surface area contributed by atoms with Crippen LogP contribution < -0.4 is 5.73 Å². The van der Waals surface area contributed by atoms with Crippen LogP contribution in [0.4, 0.5) is 0 Å². The molecule has 2 N–H and O–H groups in total. The van der Waals surface area contributed by atoms with E-state index in [0.29, 0.717) is 26.2 Å². The van der Waals surface area contributed by atoms with Gasteiger partial charge in [0, 0.05) is 24.0 Å².